The van der Waals surface area contributed by atoms with E-state index in [2.05, 4.69) is 13.5 Å². The summed E-state index contributed by atoms with van der Waals surface area (Å²) in [6.07, 6.45) is 5.42. The van der Waals surface area contributed by atoms with Crippen molar-refractivity contribution in [1.29, 1.82) is 0 Å². The van der Waals surface area contributed by atoms with Crippen LogP contribution in [0.1, 0.15) is 73.1 Å². The molecule has 0 spiro atoms. The van der Waals surface area contributed by atoms with Gasteiger partial charge in [-0.2, -0.15) is 0 Å². The second-order valence-corrected chi connectivity index (χ2v) is 10.2. The third-order valence-electron chi connectivity index (χ3n) is 8.27. The highest BCUT2D eigenvalue weighted by Crippen LogP contribution is 2.64. The molecular weight excluding hydrogens is 396 g/mol. The molecule has 0 aliphatic heterocycles. The molecule has 31 heavy (non-hydrogen) atoms. The fourth-order valence-corrected chi connectivity index (χ4v) is 6.62. The Hall–Kier alpha value is -2.11. The standard InChI is InChI=1S/C25H36O6/c1-8-23(4)13-10-17-20(21(23)31-16(3)27)18(30-15(2)26)14-19-24(17,5)11-9-12-25(19,6)22(28)29-7/h8,18-19,21H,1,9-14H2,2-7H3/t18-,19-,21-,23+,24-,25-/m1/s1. The number of allylic oxidation sites excluding steroid dienone is 1. The number of carbonyl (C=O) groups excluding carboxylic acids is 3. The lowest BCUT2D eigenvalue weighted by Gasteiger charge is -2.59. The first-order valence-electron chi connectivity index (χ1n) is 11.2. The molecule has 0 heterocycles. The predicted octanol–water partition coefficient (Wildman–Crippen LogP) is 4.52. The first-order valence-corrected chi connectivity index (χ1v) is 11.2. The second-order valence-electron chi connectivity index (χ2n) is 10.2. The molecule has 172 valence electrons. The Kier molecular flexibility index (Phi) is 6.16. The molecule has 0 radical (unpaired) electrons. The SMILES string of the molecule is C=C[C@@]1(C)CCC2=C([C@H]1OC(C)=O)[C@H](OC(C)=O)C[C@H]1[C@](C)(C(=O)OC)CCC[C@]21C. The van der Waals surface area contributed by atoms with Gasteiger partial charge in [0, 0.05) is 24.8 Å². The van der Waals surface area contributed by atoms with E-state index in [9.17, 15) is 14.4 Å². The summed E-state index contributed by atoms with van der Waals surface area (Å²) in [6.45, 7) is 13.1. The van der Waals surface area contributed by atoms with E-state index in [0.717, 1.165) is 37.7 Å². The van der Waals surface area contributed by atoms with Crippen LogP contribution in [0.3, 0.4) is 0 Å². The maximum Gasteiger partial charge on any atom is 0.311 e. The maximum absolute atomic E-state index is 12.9. The van der Waals surface area contributed by atoms with Gasteiger partial charge in [-0.3, -0.25) is 14.4 Å². The van der Waals surface area contributed by atoms with Gasteiger partial charge in [0.2, 0.25) is 0 Å². The third kappa shape index (κ3) is 3.72. The van der Waals surface area contributed by atoms with Gasteiger partial charge in [0.05, 0.1) is 12.5 Å². The number of ether oxygens (including phenoxy) is 3. The quantitative estimate of drug-likeness (QED) is 0.369. The number of fused-ring (bicyclic) bond motifs is 2. The van der Waals surface area contributed by atoms with Crippen LogP contribution in [0.5, 0.6) is 0 Å². The minimum absolute atomic E-state index is 0.0321. The number of methoxy groups -OCH3 is 1. The fourth-order valence-electron chi connectivity index (χ4n) is 6.62. The van der Waals surface area contributed by atoms with Crippen LogP contribution < -0.4 is 0 Å². The summed E-state index contributed by atoms with van der Waals surface area (Å²) in [5.41, 5.74) is 0.706. The van der Waals surface area contributed by atoms with E-state index in [1.54, 1.807) is 0 Å². The molecule has 0 aromatic heterocycles. The minimum atomic E-state index is -0.658. The van der Waals surface area contributed by atoms with Gasteiger partial charge in [0.25, 0.3) is 0 Å². The van der Waals surface area contributed by atoms with Crippen molar-refractivity contribution in [2.75, 3.05) is 7.11 Å². The maximum atomic E-state index is 12.9. The molecule has 3 rings (SSSR count). The molecule has 0 aromatic rings. The molecular formula is C25H36O6. The molecule has 3 aliphatic carbocycles. The van der Waals surface area contributed by atoms with Crippen molar-refractivity contribution in [2.45, 2.75) is 85.4 Å². The Morgan fingerprint density at radius 1 is 1.03 bits per heavy atom. The van der Waals surface area contributed by atoms with Crippen molar-refractivity contribution < 1.29 is 28.6 Å². The lowest BCUT2D eigenvalue weighted by atomic mass is 9.46. The van der Waals surface area contributed by atoms with Crippen molar-refractivity contribution in [3.8, 4) is 0 Å². The summed E-state index contributed by atoms with van der Waals surface area (Å²) >= 11 is 0. The van der Waals surface area contributed by atoms with Crippen molar-refractivity contribution in [3.63, 3.8) is 0 Å². The van der Waals surface area contributed by atoms with Crippen molar-refractivity contribution in [3.05, 3.63) is 23.8 Å². The van der Waals surface area contributed by atoms with Gasteiger partial charge in [0.1, 0.15) is 12.2 Å². The largest absolute Gasteiger partial charge is 0.469 e. The molecule has 6 nitrogen and oxygen atoms in total. The Morgan fingerprint density at radius 2 is 1.68 bits per heavy atom. The van der Waals surface area contributed by atoms with E-state index in [4.69, 9.17) is 14.2 Å². The molecule has 0 saturated heterocycles. The second kappa shape index (κ2) is 8.10. The zero-order valence-electron chi connectivity index (χ0n) is 19.7. The van der Waals surface area contributed by atoms with E-state index in [0.29, 0.717) is 6.42 Å². The smallest absolute Gasteiger partial charge is 0.311 e. The molecule has 1 saturated carbocycles. The molecule has 0 unspecified atom stereocenters. The van der Waals surface area contributed by atoms with Gasteiger partial charge in [-0.1, -0.05) is 31.9 Å². The molecule has 0 aromatic carbocycles. The van der Waals surface area contributed by atoms with Crippen LogP contribution in [0.25, 0.3) is 0 Å². The third-order valence-corrected chi connectivity index (χ3v) is 8.27. The molecule has 6 atom stereocenters. The lowest BCUT2D eigenvalue weighted by molar-refractivity contribution is -0.168. The van der Waals surface area contributed by atoms with Gasteiger partial charge in [0.15, 0.2) is 0 Å². The van der Waals surface area contributed by atoms with Crippen LogP contribution in [-0.2, 0) is 28.6 Å². The number of hydrogen-bond donors (Lipinski definition) is 0. The van der Waals surface area contributed by atoms with Crippen LogP contribution in [-0.4, -0.2) is 37.2 Å². The first-order chi connectivity index (χ1) is 14.4. The number of carbonyl (C=O) groups is 3. The van der Waals surface area contributed by atoms with Gasteiger partial charge < -0.3 is 14.2 Å². The highest BCUT2D eigenvalue weighted by atomic mass is 16.6. The van der Waals surface area contributed by atoms with E-state index >= 15 is 0 Å². The van der Waals surface area contributed by atoms with Crippen LogP contribution in [0.4, 0.5) is 0 Å². The van der Waals surface area contributed by atoms with Crippen molar-refractivity contribution in [2.24, 2.45) is 22.2 Å². The lowest BCUT2D eigenvalue weighted by Crippen LogP contribution is -2.57. The highest BCUT2D eigenvalue weighted by molar-refractivity contribution is 5.77. The monoisotopic (exact) mass is 432 g/mol. The molecule has 0 bridgehead atoms. The average Bonchev–Trinajstić information content (AvgIpc) is 2.69. The number of esters is 3. The van der Waals surface area contributed by atoms with Gasteiger partial charge >= 0.3 is 17.9 Å². The van der Waals surface area contributed by atoms with E-state index in [-0.39, 0.29) is 29.2 Å². The van der Waals surface area contributed by atoms with Crippen molar-refractivity contribution >= 4 is 17.9 Å². The van der Waals surface area contributed by atoms with E-state index in [1.165, 1.54) is 26.5 Å². The predicted molar refractivity (Wildman–Crippen MR) is 116 cm³/mol. The molecule has 1 fully saturated rings. The molecule has 0 N–H and O–H groups in total. The van der Waals surface area contributed by atoms with Crippen LogP contribution in [0, 0.1) is 22.2 Å². The summed E-state index contributed by atoms with van der Waals surface area (Å²) in [7, 11) is 1.43. The van der Waals surface area contributed by atoms with Gasteiger partial charge in [-0.05, 0) is 50.4 Å². The minimum Gasteiger partial charge on any atom is -0.469 e. The first kappa shape index (κ1) is 23.6. The summed E-state index contributed by atoms with van der Waals surface area (Å²) in [6, 6.07) is 0. The van der Waals surface area contributed by atoms with Gasteiger partial charge in [-0.25, -0.2) is 0 Å². The highest BCUT2D eigenvalue weighted by Gasteiger charge is 2.61. The zero-order chi connectivity index (χ0) is 23.2. The molecule has 0 amide bonds. The molecule has 3 aliphatic rings. The summed E-state index contributed by atoms with van der Waals surface area (Å²) < 4.78 is 16.9. The van der Waals surface area contributed by atoms with Gasteiger partial charge in [-0.15, -0.1) is 6.58 Å². The van der Waals surface area contributed by atoms with E-state index < -0.39 is 23.0 Å². The zero-order valence-corrected chi connectivity index (χ0v) is 19.7. The summed E-state index contributed by atoms with van der Waals surface area (Å²) in [5.74, 6) is -1.00. The fraction of sp³-hybridized carbons (Fsp3) is 0.720. The van der Waals surface area contributed by atoms with Crippen molar-refractivity contribution in [1.82, 2.24) is 0 Å². The number of rotatable bonds is 4. The average molecular weight is 433 g/mol. The Bertz CT molecular complexity index is 828. The Morgan fingerprint density at radius 3 is 2.23 bits per heavy atom. The van der Waals surface area contributed by atoms with Crippen LogP contribution in [0.15, 0.2) is 23.8 Å². The summed E-state index contributed by atoms with van der Waals surface area (Å²) in [4.78, 5) is 37.0. The van der Waals surface area contributed by atoms with E-state index in [1.807, 2.05) is 19.9 Å². The normalized spacial score (nSPS) is 39.6. The summed E-state index contributed by atoms with van der Waals surface area (Å²) in [5, 5.41) is 0. The molecule has 6 heteroatoms. The van der Waals surface area contributed by atoms with Crippen LogP contribution in [0.2, 0.25) is 0 Å². The number of hydrogen-bond acceptors (Lipinski definition) is 6. The van der Waals surface area contributed by atoms with Crippen LogP contribution >= 0.6 is 0 Å². The Labute approximate surface area is 185 Å². The Balaban J connectivity index is 2.22. The topological polar surface area (TPSA) is 78.9 Å².